The Hall–Kier alpha value is -8.92. The molecule has 0 aliphatic heterocycles. The van der Waals surface area contributed by atoms with Gasteiger partial charge in [-0.2, -0.15) is 0 Å². The maximum atomic E-state index is 7.80. The van der Waals surface area contributed by atoms with E-state index < -0.39 is 0 Å². The highest BCUT2D eigenvalue weighted by molar-refractivity contribution is 6.12. The van der Waals surface area contributed by atoms with Gasteiger partial charge in [0.25, 0.3) is 0 Å². The van der Waals surface area contributed by atoms with E-state index >= 15 is 0 Å². The molecule has 0 amide bonds. The Bertz CT molecular complexity index is 4230. The highest BCUT2D eigenvalue weighted by atomic mass is 15.0. The second-order valence-corrected chi connectivity index (χ2v) is 25.8. The molecule has 12 aromatic rings. The van der Waals surface area contributed by atoms with Gasteiger partial charge in [-0.25, -0.2) is 19.8 Å². The minimum absolute atomic E-state index is 0.0477. The first-order valence-electron chi connectivity index (χ1n) is 28.0. The van der Waals surface area contributed by atoms with Crippen molar-refractivity contribution in [2.24, 2.45) is 0 Å². The van der Waals surface area contributed by atoms with Crippen LogP contribution in [0.4, 0.5) is 5.69 Å². The fourth-order valence-electron chi connectivity index (χ4n) is 11.3. The van der Waals surface area contributed by atoms with Crippen molar-refractivity contribution in [3.05, 3.63) is 228 Å². The number of hydrogen-bond donors (Lipinski definition) is 0. The van der Waals surface area contributed by atoms with Gasteiger partial charge in [-0.1, -0.05) is 198 Å². The molecular formula is C74H68N6. The summed E-state index contributed by atoms with van der Waals surface area (Å²) in [6, 6.07) is 70.2. The van der Waals surface area contributed by atoms with E-state index in [1.165, 1.54) is 43.8 Å². The first kappa shape index (κ1) is 51.8. The number of benzene rings is 9. The van der Waals surface area contributed by atoms with Crippen LogP contribution in [0.25, 0.3) is 116 Å². The van der Waals surface area contributed by atoms with Crippen molar-refractivity contribution < 1.29 is 0 Å². The van der Waals surface area contributed by atoms with Crippen LogP contribution in [-0.4, -0.2) is 24.1 Å². The van der Waals surface area contributed by atoms with E-state index in [9.17, 15) is 0 Å². The molecular weight excluding hydrogens is 973 g/mol. The molecule has 0 unspecified atom stereocenters. The van der Waals surface area contributed by atoms with Crippen LogP contribution in [0.15, 0.2) is 194 Å². The molecule has 0 aliphatic carbocycles. The van der Waals surface area contributed by atoms with Gasteiger partial charge in [0.1, 0.15) is 0 Å². The summed E-state index contributed by atoms with van der Waals surface area (Å²) in [5.41, 5.74) is 18.7. The maximum absolute atomic E-state index is 7.80. The summed E-state index contributed by atoms with van der Waals surface area (Å²) in [5.74, 6) is 1.75. The first-order chi connectivity index (χ1) is 38.1. The summed E-state index contributed by atoms with van der Waals surface area (Å²) in [6.45, 7) is 35.3. The molecule has 0 radical (unpaired) electrons. The van der Waals surface area contributed by atoms with Crippen LogP contribution in [-0.2, 0) is 21.7 Å². The zero-order chi connectivity index (χ0) is 56.0. The minimum Gasteiger partial charge on any atom is -0.309 e. The van der Waals surface area contributed by atoms with E-state index in [0.29, 0.717) is 23.2 Å². The Labute approximate surface area is 471 Å². The lowest BCUT2D eigenvalue weighted by Crippen LogP contribution is -2.10. The standard InChI is InChI=1S/C74H68N6/c1-71(2,3)50-27-36-63-59(41-50)60-42-51(72(4,5)6)28-37-64(60)79(63)55-33-34-56(70-77-68(47-20-16-14-17-21-47)76-69(78-70)48-22-18-15-19-23-48)57(45-55)58-40-49(46-24-31-54(75-13)32-25-46)26-35-65(58)80-66-38-29-52(73(7,8)9)43-61(66)62-44-53(74(10,11)12)30-39-67(62)80/h14-45H,1-12H3. The van der Waals surface area contributed by atoms with Crippen molar-refractivity contribution >= 4 is 49.3 Å². The van der Waals surface area contributed by atoms with Crippen molar-refractivity contribution in [3.63, 3.8) is 0 Å². The number of hydrogen-bond acceptors (Lipinski definition) is 3. The van der Waals surface area contributed by atoms with Gasteiger partial charge in [0.05, 0.1) is 34.3 Å². The molecule has 9 aromatic carbocycles. The van der Waals surface area contributed by atoms with Crippen molar-refractivity contribution in [1.29, 1.82) is 0 Å². The second-order valence-electron chi connectivity index (χ2n) is 25.8. The molecule has 80 heavy (non-hydrogen) atoms. The van der Waals surface area contributed by atoms with Crippen molar-refractivity contribution in [2.45, 2.75) is 105 Å². The van der Waals surface area contributed by atoms with E-state index in [1.807, 2.05) is 48.5 Å². The maximum Gasteiger partial charge on any atom is 0.187 e. The molecule has 0 fully saturated rings. The summed E-state index contributed by atoms with van der Waals surface area (Å²) in [4.78, 5) is 19.8. The molecule has 3 aromatic heterocycles. The third-order valence-corrected chi connectivity index (χ3v) is 16.1. The number of rotatable bonds is 7. The molecule has 0 saturated carbocycles. The smallest absolute Gasteiger partial charge is 0.187 e. The van der Waals surface area contributed by atoms with Gasteiger partial charge in [-0.15, -0.1) is 0 Å². The largest absolute Gasteiger partial charge is 0.309 e. The average Bonchev–Trinajstić information content (AvgIpc) is 4.03. The van der Waals surface area contributed by atoms with E-state index in [4.69, 9.17) is 21.5 Å². The highest BCUT2D eigenvalue weighted by Gasteiger charge is 2.27. The van der Waals surface area contributed by atoms with Gasteiger partial charge in [-0.3, -0.25) is 0 Å². The number of aromatic nitrogens is 5. The minimum atomic E-state index is -0.0631. The van der Waals surface area contributed by atoms with E-state index in [0.717, 1.165) is 72.4 Å². The van der Waals surface area contributed by atoms with Gasteiger partial charge in [0.15, 0.2) is 23.2 Å². The normalized spacial score (nSPS) is 12.5. The number of nitrogens with zero attached hydrogens (tertiary/aromatic N) is 6. The van der Waals surface area contributed by atoms with Gasteiger partial charge in [-0.05, 0) is 139 Å². The summed E-state index contributed by atoms with van der Waals surface area (Å²) >= 11 is 0. The zero-order valence-electron chi connectivity index (χ0n) is 48.2. The molecule has 6 nitrogen and oxygen atoms in total. The molecule has 12 rings (SSSR count). The van der Waals surface area contributed by atoms with E-state index in [-0.39, 0.29) is 21.7 Å². The predicted molar refractivity (Wildman–Crippen MR) is 337 cm³/mol. The monoisotopic (exact) mass is 1040 g/mol. The summed E-state index contributed by atoms with van der Waals surface area (Å²) in [6.07, 6.45) is 0. The van der Waals surface area contributed by atoms with Crippen LogP contribution in [0.1, 0.15) is 105 Å². The molecule has 0 N–H and O–H groups in total. The number of fused-ring (bicyclic) bond motifs is 6. The SMILES string of the molecule is [C-]#[N+]c1ccc(-c2ccc(-n3c4ccc(C(C)(C)C)cc4c4cc(C(C)(C)C)ccc43)c(-c3cc(-n4c5ccc(C(C)(C)C)cc5c5cc(C(C)(C)C)ccc54)ccc3-c3nc(-c4ccccc4)nc(-c4ccccc4)n3)c2)cc1. The molecule has 3 heterocycles. The quantitative estimate of drug-likeness (QED) is 0.150. The Balaban J connectivity index is 1.23. The molecule has 394 valence electrons. The van der Waals surface area contributed by atoms with Crippen LogP contribution in [0.3, 0.4) is 0 Å². The van der Waals surface area contributed by atoms with Crippen LogP contribution in [0.2, 0.25) is 0 Å². The van der Waals surface area contributed by atoms with Crippen LogP contribution in [0.5, 0.6) is 0 Å². The summed E-state index contributed by atoms with van der Waals surface area (Å²) in [5, 5.41) is 4.87. The van der Waals surface area contributed by atoms with Crippen LogP contribution in [0, 0.1) is 6.57 Å². The highest BCUT2D eigenvalue weighted by Crippen LogP contribution is 2.46. The predicted octanol–water partition coefficient (Wildman–Crippen LogP) is 20.1. The third-order valence-electron chi connectivity index (χ3n) is 16.1. The summed E-state index contributed by atoms with van der Waals surface area (Å²) in [7, 11) is 0. The van der Waals surface area contributed by atoms with Gasteiger partial charge >= 0.3 is 0 Å². The van der Waals surface area contributed by atoms with Crippen molar-refractivity contribution in [1.82, 2.24) is 24.1 Å². The lowest BCUT2D eigenvalue weighted by Gasteiger charge is -2.21. The van der Waals surface area contributed by atoms with Crippen molar-refractivity contribution in [3.8, 4) is 67.8 Å². The lowest BCUT2D eigenvalue weighted by atomic mass is 9.85. The molecule has 0 aliphatic rings. The van der Waals surface area contributed by atoms with Gasteiger partial charge in [0, 0.05) is 49.5 Å². The Morgan fingerprint density at radius 1 is 0.325 bits per heavy atom. The Kier molecular flexibility index (Phi) is 12.4. The molecule has 0 atom stereocenters. The van der Waals surface area contributed by atoms with Crippen LogP contribution >= 0.6 is 0 Å². The Morgan fingerprint density at radius 2 is 0.725 bits per heavy atom. The zero-order valence-corrected chi connectivity index (χ0v) is 48.2. The Morgan fingerprint density at radius 3 is 1.14 bits per heavy atom. The van der Waals surface area contributed by atoms with Gasteiger partial charge < -0.3 is 9.13 Å². The average molecular weight is 1040 g/mol. The first-order valence-corrected chi connectivity index (χ1v) is 28.0. The fourth-order valence-corrected chi connectivity index (χ4v) is 11.3. The molecule has 0 bridgehead atoms. The van der Waals surface area contributed by atoms with Crippen molar-refractivity contribution in [2.75, 3.05) is 0 Å². The second kappa shape index (κ2) is 19.2. The van der Waals surface area contributed by atoms with Crippen LogP contribution < -0.4 is 0 Å². The van der Waals surface area contributed by atoms with E-state index in [1.54, 1.807) is 0 Å². The lowest BCUT2D eigenvalue weighted by molar-refractivity contribution is 0.590. The topological polar surface area (TPSA) is 52.9 Å². The third kappa shape index (κ3) is 9.35. The van der Waals surface area contributed by atoms with Gasteiger partial charge in [0.2, 0.25) is 0 Å². The van der Waals surface area contributed by atoms with E-state index in [2.05, 4.69) is 243 Å². The molecule has 0 saturated heterocycles. The summed E-state index contributed by atoms with van der Waals surface area (Å²) < 4.78 is 4.92. The molecule has 0 spiro atoms. The molecule has 6 heteroatoms. The fraction of sp³-hybridized carbons (Fsp3) is 0.216.